The van der Waals surface area contributed by atoms with Gasteiger partial charge in [-0.3, -0.25) is 14.5 Å². The molecule has 0 aliphatic carbocycles. The van der Waals surface area contributed by atoms with E-state index >= 15 is 0 Å². The third-order valence-electron chi connectivity index (χ3n) is 7.45. The summed E-state index contributed by atoms with van der Waals surface area (Å²) in [5.41, 5.74) is -0.284. The quantitative estimate of drug-likeness (QED) is 0.672. The lowest BCUT2D eigenvalue weighted by molar-refractivity contribution is -0.134. The molecule has 3 fully saturated rings. The second-order valence-electron chi connectivity index (χ2n) is 9.25. The molecule has 4 rings (SSSR count). The zero-order valence-corrected chi connectivity index (χ0v) is 18.6. The van der Waals surface area contributed by atoms with E-state index in [2.05, 4.69) is 24.2 Å². The molecule has 3 saturated heterocycles. The molecule has 1 aromatic heterocycles. The van der Waals surface area contributed by atoms with Crippen molar-refractivity contribution in [3.05, 3.63) is 24.2 Å². The second kappa shape index (κ2) is 9.02. The number of nitrogens with one attached hydrogen (secondary N) is 1. The van der Waals surface area contributed by atoms with Gasteiger partial charge in [-0.1, -0.05) is 13.3 Å². The summed E-state index contributed by atoms with van der Waals surface area (Å²) in [6.07, 6.45) is 8.96. The SMILES string of the molecule is CCC[C@]1(C2CCN(C(=O)c3ccoc3)CC2)NC(=O)N(CC[C@H]2CCCN2C)C1=O. The van der Waals surface area contributed by atoms with Gasteiger partial charge in [-0.05, 0) is 64.1 Å². The van der Waals surface area contributed by atoms with Gasteiger partial charge in [0.05, 0.1) is 11.8 Å². The second-order valence-corrected chi connectivity index (χ2v) is 9.25. The zero-order chi connectivity index (χ0) is 22.0. The number of piperidine rings is 1. The maximum Gasteiger partial charge on any atom is 0.325 e. The van der Waals surface area contributed by atoms with Crippen molar-refractivity contribution < 1.29 is 18.8 Å². The van der Waals surface area contributed by atoms with Gasteiger partial charge in [-0.15, -0.1) is 0 Å². The zero-order valence-electron chi connectivity index (χ0n) is 18.6. The van der Waals surface area contributed by atoms with Crippen LogP contribution in [0.1, 0.15) is 62.2 Å². The number of imide groups is 1. The summed E-state index contributed by atoms with van der Waals surface area (Å²) in [4.78, 5) is 44.6. The van der Waals surface area contributed by atoms with Gasteiger partial charge in [0.1, 0.15) is 11.8 Å². The largest absolute Gasteiger partial charge is 0.472 e. The van der Waals surface area contributed by atoms with Gasteiger partial charge in [0.2, 0.25) is 0 Å². The third kappa shape index (κ3) is 4.10. The first kappa shape index (κ1) is 21.9. The van der Waals surface area contributed by atoms with Gasteiger partial charge in [-0.2, -0.15) is 0 Å². The van der Waals surface area contributed by atoms with Crippen molar-refractivity contribution in [3.8, 4) is 0 Å². The lowest BCUT2D eigenvalue weighted by atomic mass is 9.74. The predicted octanol–water partition coefficient (Wildman–Crippen LogP) is 2.71. The maximum atomic E-state index is 13.6. The lowest BCUT2D eigenvalue weighted by Crippen LogP contribution is -2.56. The Morgan fingerprint density at radius 3 is 2.61 bits per heavy atom. The molecule has 4 amide bonds. The number of hydrogen-bond donors (Lipinski definition) is 1. The number of urea groups is 1. The Balaban J connectivity index is 1.42. The van der Waals surface area contributed by atoms with Crippen LogP contribution in [0.25, 0.3) is 0 Å². The van der Waals surface area contributed by atoms with Crippen molar-refractivity contribution in [3.63, 3.8) is 0 Å². The first-order valence-corrected chi connectivity index (χ1v) is 11.6. The Bertz CT molecular complexity index is 803. The molecule has 8 nitrogen and oxygen atoms in total. The van der Waals surface area contributed by atoms with Crippen molar-refractivity contribution >= 4 is 17.8 Å². The molecule has 3 aliphatic heterocycles. The van der Waals surface area contributed by atoms with Crippen LogP contribution in [0.2, 0.25) is 0 Å². The Morgan fingerprint density at radius 2 is 2.00 bits per heavy atom. The monoisotopic (exact) mass is 430 g/mol. The third-order valence-corrected chi connectivity index (χ3v) is 7.45. The standard InChI is InChI=1S/C23H34N4O4/c1-3-10-23(18-6-12-26(13-7-18)20(28)17-9-15-31-16-17)21(29)27(22(30)24-23)14-8-19-5-4-11-25(19)2/h9,15-16,18-19H,3-8,10-14H2,1-2H3,(H,24,30)/t19-,23-/m1/s1. The molecular weight excluding hydrogens is 396 g/mol. The van der Waals surface area contributed by atoms with E-state index in [1.165, 1.54) is 23.8 Å². The molecule has 1 N–H and O–H groups in total. The topological polar surface area (TPSA) is 86.1 Å². The number of likely N-dealkylation sites (tertiary alicyclic amines) is 2. The number of carbonyl (C=O) groups is 3. The molecule has 8 heteroatoms. The van der Waals surface area contributed by atoms with Crippen LogP contribution < -0.4 is 5.32 Å². The summed E-state index contributed by atoms with van der Waals surface area (Å²) in [5, 5.41) is 3.10. The minimum atomic E-state index is -0.835. The number of amides is 4. The number of furan rings is 1. The Morgan fingerprint density at radius 1 is 1.23 bits per heavy atom. The summed E-state index contributed by atoms with van der Waals surface area (Å²) in [5.74, 6) is -0.0723. The smallest absolute Gasteiger partial charge is 0.325 e. The van der Waals surface area contributed by atoms with Gasteiger partial charge in [0.25, 0.3) is 11.8 Å². The van der Waals surface area contributed by atoms with Crippen molar-refractivity contribution in [1.82, 2.24) is 20.0 Å². The molecular formula is C23H34N4O4. The minimum absolute atomic E-state index is 0.0384. The predicted molar refractivity (Wildman–Crippen MR) is 115 cm³/mol. The van der Waals surface area contributed by atoms with Crippen LogP contribution in [-0.2, 0) is 4.79 Å². The average Bonchev–Trinajstić information content (AvgIpc) is 3.49. The molecule has 1 aromatic rings. The van der Waals surface area contributed by atoms with E-state index in [9.17, 15) is 14.4 Å². The Kier molecular flexibility index (Phi) is 6.36. The molecule has 0 aromatic carbocycles. The molecule has 0 spiro atoms. The van der Waals surface area contributed by atoms with E-state index < -0.39 is 5.54 Å². The first-order chi connectivity index (χ1) is 15.0. The highest BCUT2D eigenvalue weighted by molar-refractivity contribution is 6.07. The van der Waals surface area contributed by atoms with Gasteiger partial charge in [0.15, 0.2) is 0 Å². The summed E-state index contributed by atoms with van der Waals surface area (Å²) in [6.45, 7) is 4.77. The fourth-order valence-electron chi connectivity index (χ4n) is 5.66. The van der Waals surface area contributed by atoms with Crippen molar-refractivity contribution in [2.45, 2.75) is 63.5 Å². The molecule has 0 saturated carbocycles. The minimum Gasteiger partial charge on any atom is -0.472 e. The van der Waals surface area contributed by atoms with Crippen molar-refractivity contribution in [2.24, 2.45) is 5.92 Å². The van der Waals surface area contributed by atoms with Gasteiger partial charge in [0, 0.05) is 25.7 Å². The van der Waals surface area contributed by atoms with Crippen LogP contribution in [0.5, 0.6) is 0 Å². The first-order valence-electron chi connectivity index (χ1n) is 11.6. The van der Waals surface area contributed by atoms with E-state index in [1.807, 2.05) is 4.90 Å². The molecule has 31 heavy (non-hydrogen) atoms. The molecule has 170 valence electrons. The number of nitrogens with zero attached hydrogens (tertiary/aromatic N) is 3. The van der Waals surface area contributed by atoms with E-state index in [1.54, 1.807) is 6.07 Å². The number of rotatable bonds is 7. The number of carbonyl (C=O) groups excluding carboxylic acids is 3. The van der Waals surface area contributed by atoms with E-state index in [4.69, 9.17) is 4.42 Å². The van der Waals surface area contributed by atoms with Crippen LogP contribution in [-0.4, -0.2) is 77.4 Å². The van der Waals surface area contributed by atoms with Crippen LogP contribution >= 0.6 is 0 Å². The molecule has 0 radical (unpaired) electrons. The number of hydrogen-bond acceptors (Lipinski definition) is 5. The Hall–Kier alpha value is -2.35. The maximum absolute atomic E-state index is 13.6. The fraction of sp³-hybridized carbons (Fsp3) is 0.696. The van der Waals surface area contributed by atoms with Crippen LogP contribution in [0.15, 0.2) is 23.0 Å². The molecule has 0 bridgehead atoms. The van der Waals surface area contributed by atoms with Crippen LogP contribution in [0, 0.1) is 5.92 Å². The van der Waals surface area contributed by atoms with Crippen LogP contribution in [0.4, 0.5) is 4.79 Å². The van der Waals surface area contributed by atoms with Crippen molar-refractivity contribution in [2.75, 3.05) is 33.2 Å². The Labute approximate surface area is 183 Å². The van der Waals surface area contributed by atoms with Crippen LogP contribution in [0.3, 0.4) is 0 Å². The summed E-state index contributed by atoms with van der Waals surface area (Å²) >= 11 is 0. The highest BCUT2D eigenvalue weighted by Crippen LogP contribution is 2.37. The van der Waals surface area contributed by atoms with E-state index in [0.29, 0.717) is 50.5 Å². The molecule has 3 aliphatic rings. The molecule has 4 heterocycles. The molecule has 0 unspecified atom stereocenters. The van der Waals surface area contributed by atoms with E-state index in [-0.39, 0.29) is 23.8 Å². The highest BCUT2D eigenvalue weighted by Gasteiger charge is 2.55. The summed E-state index contributed by atoms with van der Waals surface area (Å²) in [6, 6.07) is 1.86. The van der Waals surface area contributed by atoms with Gasteiger partial charge < -0.3 is 19.5 Å². The lowest BCUT2D eigenvalue weighted by Gasteiger charge is -2.40. The summed E-state index contributed by atoms with van der Waals surface area (Å²) < 4.78 is 5.03. The van der Waals surface area contributed by atoms with Gasteiger partial charge >= 0.3 is 6.03 Å². The average molecular weight is 431 g/mol. The highest BCUT2D eigenvalue weighted by atomic mass is 16.3. The van der Waals surface area contributed by atoms with Gasteiger partial charge in [-0.25, -0.2) is 4.79 Å². The fourth-order valence-corrected chi connectivity index (χ4v) is 5.66. The molecule has 2 atom stereocenters. The summed E-state index contributed by atoms with van der Waals surface area (Å²) in [7, 11) is 2.11. The van der Waals surface area contributed by atoms with E-state index in [0.717, 1.165) is 25.8 Å². The van der Waals surface area contributed by atoms with Crippen molar-refractivity contribution in [1.29, 1.82) is 0 Å². The normalized spacial score (nSPS) is 27.9.